The van der Waals surface area contributed by atoms with Gasteiger partial charge in [0.1, 0.15) is 0 Å². The van der Waals surface area contributed by atoms with Crippen molar-refractivity contribution < 1.29 is 4.79 Å². The third-order valence-corrected chi connectivity index (χ3v) is 2.37. The molecule has 14 heavy (non-hydrogen) atoms. The van der Waals surface area contributed by atoms with Crippen LogP contribution in [-0.2, 0) is 0 Å². The SMILES string of the molecule is CC(C)CCC(=O)c1ccc(Cl)cc1. The fourth-order valence-corrected chi connectivity index (χ4v) is 1.33. The van der Waals surface area contributed by atoms with Crippen molar-refractivity contribution in [3.8, 4) is 0 Å². The van der Waals surface area contributed by atoms with Crippen molar-refractivity contribution in [3.63, 3.8) is 0 Å². The molecule has 0 aliphatic carbocycles. The highest BCUT2D eigenvalue weighted by Crippen LogP contribution is 2.13. The molecule has 0 atom stereocenters. The fourth-order valence-electron chi connectivity index (χ4n) is 1.20. The summed E-state index contributed by atoms with van der Waals surface area (Å²) in [6, 6.07) is 7.07. The van der Waals surface area contributed by atoms with E-state index in [4.69, 9.17) is 11.6 Å². The first-order valence-corrected chi connectivity index (χ1v) is 5.26. The van der Waals surface area contributed by atoms with Gasteiger partial charge < -0.3 is 0 Å². The predicted molar refractivity (Wildman–Crippen MR) is 59.9 cm³/mol. The van der Waals surface area contributed by atoms with E-state index < -0.39 is 0 Å². The van der Waals surface area contributed by atoms with Crippen LogP contribution in [0.4, 0.5) is 0 Å². The Labute approximate surface area is 90.1 Å². The molecule has 0 heterocycles. The molecule has 0 spiro atoms. The van der Waals surface area contributed by atoms with Crippen LogP contribution in [0.3, 0.4) is 0 Å². The van der Waals surface area contributed by atoms with E-state index in [1.165, 1.54) is 0 Å². The summed E-state index contributed by atoms with van der Waals surface area (Å²) in [5, 5.41) is 0.672. The van der Waals surface area contributed by atoms with Crippen molar-refractivity contribution in [2.75, 3.05) is 0 Å². The lowest BCUT2D eigenvalue weighted by Gasteiger charge is -2.03. The number of Topliss-reactive ketones (excluding diaryl/α,β-unsaturated/α-hetero) is 1. The zero-order valence-electron chi connectivity index (χ0n) is 8.59. The summed E-state index contributed by atoms with van der Waals surface area (Å²) in [7, 11) is 0. The van der Waals surface area contributed by atoms with E-state index in [-0.39, 0.29) is 5.78 Å². The van der Waals surface area contributed by atoms with Gasteiger partial charge in [-0.15, -0.1) is 0 Å². The number of carbonyl (C=O) groups excluding carboxylic acids is 1. The van der Waals surface area contributed by atoms with Gasteiger partial charge in [-0.05, 0) is 36.6 Å². The van der Waals surface area contributed by atoms with E-state index in [9.17, 15) is 4.79 Å². The van der Waals surface area contributed by atoms with Gasteiger partial charge in [0.25, 0.3) is 0 Å². The summed E-state index contributed by atoms with van der Waals surface area (Å²) in [6.45, 7) is 4.24. The van der Waals surface area contributed by atoms with Crippen LogP contribution in [0.25, 0.3) is 0 Å². The van der Waals surface area contributed by atoms with Crippen LogP contribution in [0.5, 0.6) is 0 Å². The summed E-state index contributed by atoms with van der Waals surface area (Å²) in [4.78, 5) is 11.6. The van der Waals surface area contributed by atoms with Crippen molar-refractivity contribution in [2.24, 2.45) is 5.92 Å². The van der Waals surface area contributed by atoms with Gasteiger partial charge in [0, 0.05) is 17.0 Å². The molecule has 0 fully saturated rings. The molecule has 1 rings (SSSR count). The van der Waals surface area contributed by atoms with Gasteiger partial charge in [-0.25, -0.2) is 0 Å². The highest BCUT2D eigenvalue weighted by Gasteiger charge is 2.06. The lowest BCUT2D eigenvalue weighted by molar-refractivity contribution is 0.0975. The lowest BCUT2D eigenvalue weighted by Crippen LogP contribution is -2.00. The molecule has 2 heteroatoms. The smallest absolute Gasteiger partial charge is 0.162 e. The van der Waals surface area contributed by atoms with Crippen LogP contribution >= 0.6 is 11.6 Å². The van der Waals surface area contributed by atoms with E-state index >= 15 is 0 Å². The normalized spacial score (nSPS) is 10.6. The Morgan fingerprint density at radius 1 is 1.29 bits per heavy atom. The molecular formula is C12H15ClO. The van der Waals surface area contributed by atoms with E-state index in [1.807, 2.05) is 0 Å². The molecule has 0 amide bonds. The molecule has 1 aromatic carbocycles. The van der Waals surface area contributed by atoms with Crippen LogP contribution < -0.4 is 0 Å². The van der Waals surface area contributed by atoms with Crippen molar-refractivity contribution in [1.82, 2.24) is 0 Å². The predicted octanol–water partition coefficient (Wildman–Crippen LogP) is 3.96. The summed E-state index contributed by atoms with van der Waals surface area (Å²) in [5.74, 6) is 0.779. The maximum absolute atomic E-state index is 11.6. The summed E-state index contributed by atoms with van der Waals surface area (Å²) >= 11 is 5.73. The maximum Gasteiger partial charge on any atom is 0.162 e. The summed E-state index contributed by atoms with van der Waals surface area (Å²) in [6.07, 6.45) is 1.57. The van der Waals surface area contributed by atoms with Crippen molar-refractivity contribution in [3.05, 3.63) is 34.9 Å². The number of ketones is 1. The Morgan fingerprint density at radius 3 is 2.36 bits per heavy atom. The second kappa shape index (κ2) is 5.16. The molecule has 0 radical (unpaired) electrons. The maximum atomic E-state index is 11.6. The highest BCUT2D eigenvalue weighted by molar-refractivity contribution is 6.30. The number of hydrogen-bond donors (Lipinski definition) is 0. The van der Waals surface area contributed by atoms with E-state index in [1.54, 1.807) is 24.3 Å². The van der Waals surface area contributed by atoms with Crippen LogP contribution in [0.1, 0.15) is 37.0 Å². The lowest BCUT2D eigenvalue weighted by atomic mass is 10.0. The van der Waals surface area contributed by atoms with Gasteiger partial charge in [0.2, 0.25) is 0 Å². The third-order valence-electron chi connectivity index (χ3n) is 2.11. The number of hydrogen-bond acceptors (Lipinski definition) is 1. The number of carbonyl (C=O) groups is 1. The van der Waals surface area contributed by atoms with Crippen LogP contribution in [0, 0.1) is 5.92 Å². The second-order valence-corrected chi connectivity index (χ2v) is 4.30. The Morgan fingerprint density at radius 2 is 1.86 bits per heavy atom. The number of rotatable bonds is 4. The molecular weight excluding hydrogens is 196 g/mol. The molecule has 1 nitrogen and oxygen atoms in total. The van der Waals surface area contributed by atoms with E-state index in [2.05, 4.69) is 13.8 Å². The molecule has 0 aliphatic rings. The van der Waals surface area contributed by atoms with Gasteiger partial charge >= 0.3 is 0 Å². The minimum atomic E-state index is 0.204. The van der Waals surface area contributed by atoms with Crippen LogP contribution in [0.2, 0.25) is 5.02 Å². The zero-order chi connectivity index (χ0) is 10.6. The van der Waals surface area contributed by atoms with Crippen molar-refractivity contribution >= 4 is 17.4 Å². The van der Waals surface area contributed by atoms with E-state index in [0.717, 1.165) is 12.0 Å². The molecule has 0 aliphatic heterocycles. The first kappa shape index (κ1) is 11.3. The zero-order valence-corrected chi connectivity index (χ0v) is 9.34. The first-order valence-electron chi connectivity index (χ1n) is 4.88. The van der Waals surface area contributed by atoms with Gasteiger partial charge in [-0.1, -0.05) is 25.4 Å². The molecule has 0 N–H and O–H groups in total. The Hall–Kier alpha value is -0.820. The molecule has 0 saturated heterocycles. The third kappa shape index (κ3) is 3.51. The average Bonchev–Trinajstić information content (AvgIpc) is 2.15. The summed E-state index contributed by atoms with van der Waals surface area (Å²) in [5.41, 5.74) is 0.759. The summed E-state index contributed by atoms with van der Waals surface area (Å²) < 4.78 is 0. The first-order chi connectivity index (χ1) is 6.59. The second-order valence-electron chi connectivity index (χ2n) is 3.86. The molecule has 0 unspecified atom stereocenters. The van der Waals surface area contributed by atoms with Gasteiger partial charge in [0.05, 0.1) is 0 Å². The standard InChI is InChI=1S/C12H15ClO/c1-9(2)3-8-12(14)10-4-6-11(13)7-5-10/h4-7,9H,3,8H2,1-2H3. The topological polar surface area (TPSA) is 17.1 Å². The molecule has 0 aromatic heterocycles. The minimum absolute atomic E-state index is 0.204. The average molecular weight is 211 g/mol. The Kier molecular flexibility index (Phi) is 4.15. The van der Waals surface area contributed by atoms with Gasteiger partial charge in [-0.2, -0.15) is 0 Å². The molecule has 76 valence electrons. The van der Waals surface area contributed by atoms with Crippen molar-refractivity contribution in [1.29, 1.82) is 0 Å². The number of benzene rings is 1. The van der Waals surface area contributed by atoms with Gasteiger partial charge in [-0.3, -0.25) is 4.79 Å². The van der Waals surface area contributed by atoms with E-state index in [0.29, 0.717) is 17.4 Å². The van der Waals surface area contributed by atoms with Gasteiger partial charge in [0.15, 0.2) is 5.78 Å². The van der Waals surface area contributed by atoms with Crippen LogP contribution in [-0.4, -0.2) is 5.78 Å². The molecule has 0 saturated carbocycles. The quantitative estimate of drug-likeness (QED) is 0.688. The van der Waals surface area contributed by atoms with Crippen molar-refractivity contribution in [2.45, 2.75) is 26.7 Å². The largest absolute Gasteiger partial charge is 0.294 e. The molecule has 0 bridgehead atoms. The monoisotopic (exact) mass is 210 g/mol. The fraction of sp³-hybridized carbons (Fsp3) is 0.417. The minimum Gasteiger partial charge on any atom is -0.294 e. The Balaban J connectivity index is 2.57. The number of halogens is 1. The highest BCUT2D eigenvalue weighted by atomic mass is 35.5. The Bertz CT molecular complexity index is 301. The molecule has 1 aromatic rings. The van der Waals surface area contributed by atoms with Crippen LogP contribution in [0.15, 0.2) is 24.3 Å².